The monoisotopic (exact) mass is 529 g/mol. The summed E-state index contributed by atoms with van der Waals surface area (Å²) < 4.78 is 40.2. The molecule has 0 amide bonds. The Morgan fingerprint density at radius 3 is 2.41 bits per heavy atom. The molecular formula is C27H26ClF2N3O4. The van der Waals surface area contributed by atoms with Gasteiger partial charge in [0.2, 0.25) is 5.82 Å². The Bertz CT molecular complexity index is 1390. The quantitative estimate of drug-likeness (QED) is 0.295. The van der Waals surface area contributed by atoms with Gasteiger partial charge in [0.1, 0.15) is 11.6 Å². The van der Waals surface area contributed by atoms with Crippen LogP contribution in [0.15, 0.2) is 59.1 Å². The zero-order chi connectivity index (χ0) is 25.8. The van der Waals surface area contributed by atoms with Crippen molar-refractivity contribution in [2.24, 2.45) is 0 Å². The molecule has 0 saturated heterocycles. The third-order valence-corrected chi connectivity index (χ3v) is 5.75. The number of aromatic nitrogens is 2. The number of methoxy groups -OCH3 is 1. The lowest BCUT2D eigenvalue weighted by molar-refractivity contribution is -0.138. The fraction of sp³-hybridized carbons (Fsp3) is 0.222. The van der Waals surface area contributed by atoms with Crippen molar-refractivity contribution in [3.8, 4) is 34.0 Å². The lowest BCUT2D eigenvalue weighted by Crippen LogP contribution is -2.26. The second kappa shape index (κ2) is 12.1. The minimum atomic E-state index is -1.09. The van der Waals surface area contributed by atoms with E-state index in [1.54, 1.807) is 7.11 Å². The number of benzene rings is 3. The van der Waals surface area contributed by atoms with Crippen LogP contribution in [0, 0.1) is 18.6 Å². The van der Waals surface area contributed by atoms with Crippen molar-refractivity contribution >= 4 is 18.4 Å². The SMILES string of the molecule is COCc1cc(-c2nc(-c3cc(F)c(CN(C)CC(=O)O)c(F)c3)no2)ccc1-c1ccccc1C.Cl. The molecule has 4 rings (SSSR count). The number of carboxylic acids is 1. The molecule has 3 aromatic carbocycles. The largest absolute Gasteiger partial charge is 0.480 e. The number of carbonyl (C=O) groups is 1. The summed E-state index contributed by atoms with van der Waals surface area (Å²) in [4.78, 5) is 16.5. The third-order valence-electron chi connectivity index (χ3n) is 5.75. The number of likely N-dealkylation sites (N-methyl/N-ethyl adjacent to an activating group) is 1. The molecule has 1 heterocycles. The number of carboxylic acid groups (broad SMARTS) is 1. The maximum atomic E-state index is 14.7. The van der Waals surface area contributed by atoms with Crippen molar-refractivity contribution in [1.29, 1.82) is 0 Å². The molecule has 0 aliphatic heterocycles. The van der Waals surface area contributed by atoms with Gasteiger partial charge in [0, 0.05) is 30.3 Å². The van der Waals surface area contributed by atoms with E-state index in [1.807, 2.05) is 49.4 Å². The summed E-state index contributed by atoms with van der Waals surface area (Å²) in [6, 6.07) is 16.0. The van der Waals surface area contributed by atoms with Gasteiger partial charge in [-0.3, -0.25) is 9.69 Å². The van der Waals surface area contributed by atoms with Gasteiger partial charge in [-0.05, 0) is 60.5 Å². The highest BCUT2D eigenvalue weighted by atomic mass is 35.5. The third kappa shape index (κ3) is 6.37. The molecule has 4 aromatic rings. The van der Waals surface area contributed by atoms with Gasteiger partial charge < -0.3 is 14.4 Å². The predicted octanol–water partition coefficient (Wildman–Crippen LogP) is 5.74. The highest BCUT2D eigenvalue weighted by molar-refractivity contribution is 5.85. The lowest BCUT2D eigenvalue weighted by atomic mass is 9.94. The highest BCUT2D eigenvalue weighted by Crippen LogP contribution is 2.32. The van der Waals surface area contributed by atoms with E-state index in [4.69, 9.17) is 14.4 Å². The summed E-state index contributed by atoms with van der Waals surface area (Å²) in [6.45, 7) is 1.87. The Kier molecular flexibility index (Phi) is 9.09. The Morgan fingerprint density at radius 2 is 1.76 bits per heavy atom. The molecule has 0 unspecified atom stereocenters. The van der Waals surface area contributed by atoms with Crippen molar-refractivity contribution < 1.29 is 27.9 Å². The topological polar surface area (TPSA) is 88.7 Å². The Balaban J connectivity index is 0.00000380. The molecule has 7 nitrogen and oxygen atoms in total. The van der Waals surface area contributed by atoms with Crippen LogP contribution in [0.2, 0.25) is 0 Å². The molecule has 1 N–H and O–H groups in total. The summed E-state index contributed by atoms with van der Waals surface area (Å²) >= 11 is 0. The zero-order valence-electron chi connectivity index (χ0n) is 20.5. The first-order valence-electron chi connectivity index (χ1n) is 11.2. The number of hydrogen-bond donors (Lipinski definition) is 1. The second-order valence-electron chi connectivity index (χ2n) is 8.53. The van der Waals surface area contributed by atoms with Gasteiger partial charge >= 0.3 is 5.97 Å². The van der Waals surface area contributed by atoms with Crippen LogP contribution in [0.4, 0.5) is 8.78 Å². The maximum absolute atomic E-state index is 14.7. The van der Waals surface area contributed by atoms with Gasteiger partial charge in [0.25, 0.3) is 5.89 Å². The van der Waals surface area contributed by atoms with E-state index >= 15 is 0 Å². The van der Waals surface area contributed by atoms with E-state index in [-0.39, 0.29) is 48.3 Å². The van der Waals surface area contributed by atoms with Gasteiger partial charge in [0.05, 0.1) is 13.2 Å². The number of rotatable bonds is 9. The number of aryl methyl sites for hydroxylation is 1. The van der Waals surface area contributed by atoms with Crippen LogP contribution in [0.25, 0.3) is 34.0 Å². The van der Waals surface area contributed by atoms with Gasteiger partial charge in [0.15, 0.2) is 0 Å². The van der Waals surface area contributed by atoms with Crippen LogP contribution in [-0.4, -0.2) is 46.8 Å². The predicted molar refractivity (Wildman–Crippen MR) is 137 cm³/mol. The van der Waals surface area contributed by atoms with Crippen LogP contribution in [0.5, 0.6) is 0 Å². The van der Waals surface area contributed by atoms with E-state index < -0.39 is 17.6 Å². The number of nitrogens with zero attached hydrogens (tertiary/aromatic N) is 3. The Labute approximate surface area is 219 Å². The number of hydrogen-bond acceptors (Lipinski definition) is 6. The highest BCUT2D eigenvalue weighted by Gasteiger charge is 2.19. The summed E-state index contributed by atoms with van der Waals surface area (Å²) in [5, 5.41) is 12.8. The molecule has 0 aliphatic rings. The van der Waals surface area contributed by atoms with Gasteiger partial charge in [-0.1, -0.05) is 35.5 Å². The van der Waals surface area contributed by atoms with Crippen LogP contribution in [0.3, 0.4) is 0 Å². The molecular weight excluding hydrogens is 504 g/mol. The van der Waals surface area contributed by atoms with Crippen LogP contribution in [0.1, 0.15) is 16.7 Å². The van der Waals surface area contributed by atoms with Crippen LogP contribution < -0.4 is 0 Å². The smallest absolute Gasteiger partial charge is 0.317 e. The fourth-order valence-electron chi connectivity index (χ4n) is 4.04. The summed E-state index contributed by atoms with van der Waals surface area (Å²) in [5.41, 5.74) is 4.68. The average molecular weight is 530 g/mol. The van der Waals surface area contributed by atoms with E-state index in [9.17, 15) is 13.6 Å². The molecule has 0 bridgehead atoms. The first kappa shape index (κ1) is 27.9. The fourth-order valence-corrected chi connectivity index (χ4v) is 4.04. The first-order valence-corrected chi connectivity index (χ1v) is 11.2. The van der Waals surface area contributed by atoms with Crippen LogP contribution in [-0.2, 0) is 22.7 Å². The number of ether oxygens (including phenoxy) is 1. The molecule has 0 radical (unpaired) electrons. The number of halogens is 3. The zero-order valence-corrected chi connectivity index (χ0v) is 21.3. The van der Waals surface area contributed by atoms with Crippen molar-refractivity contribution in [3.05, 3.63) is 82.9 Å². The molecule has 0 atom stereocenters. The second-order valence-corrected chi connectivity index (χ2v) is 8.53. The summed E-state index contributed by atoms with van der Waals surface area (Å²) in [7, 11) is 3.08. The maximum Gasteiger partial charge on any atom is 0.317 e. The lowest BCUT2D eigenvalue weighted by Gasteiger charge is -2.15. The van der Waals surface area contributed by atoms with Gasteiger partial charge in [-0.15, -0.1) is 12.4 Å². The average Bonchev–Trinajstić information content (AvgIpc) is 3.32. The van der Waals surface area contributed by atoms with Gasteiger partial charge in [-0.2, -0.15) is 4.98 Å². The standard InChI is InChI=1S/C27H25F2N3O4.ClH/c1-16-6-4-5-7-20(16)21-9-8-17(10-19(21)15-35-3)27-30-26(31-36-27)18-11-23(28)22(24(29)12-18)13-32(2)14-25(33)34;/h4-12H,13-15H2,1-3H3,(H,33,34);1H. The van der Waals surface area contributed by atoms with Crippen LogP contribution >= 0.6 is 12.4 Å². The normalized spacial score (nSPS) is 11.0. The molecule has 0 spiro atoms. The summed E-state index contributed by atoms with van der Waals surface area (Å²) in [6.07, 6.45) is 0. The van der Waals surface area contributed by atoms with E-state index in [0.29, 0.717) is 12.2 Å². The van der Waals surface area contributed by atoms with Crippen molar-refractivity contribution in [1.82, 2.24) is 15.0 Å². The Morgan fingerprint density at radius 1 is 1.05 bits per heavy atom. The van der Waals surface area contributed by atoms with Crippen molar-refractivity contribution in [2.45, 2.75) is 20.1 Å². The molecule has 1 aromatic heterocycles. The van der Waals surface area contributed by atoms with Gasteiger partial charge in [-0.25, -0.2) is 8.78 Å². The van der Waals surface area contributed by atoms with Crippen molar-refractivity contribution in [2.75, 3.05) is 20.7 Å². The molecule has 10 heteroatoms. The van der Waals surface area contributed by atoms with E-state index in [1.165, 1.54) is 11.9 Å². The first-order chi connectivity index (χ1) is 17.3. The minimum absolute atomic E-state index is 0. The number of aliphatic carboxylic acids is 1. The molecule has 0 saturated carbocycles. The molecule has 37 heavy (non-hydrogen) atoms. The van der Waals surface area contributed by atoms with E-state index in [0.717, 1.165) is 34.4 Å². The Hall–Kier alpha value is -3.66. The van der Waals surface area contributed by atoms with Crippen molar-refractivity contribution in [3.63, 3.8) is 0 Å². The molecule has 0 aliphatic carbocycles. The minimum Gasteiger partial charge on any atom is -0.480 e. The summed E-state index contributed by atoms with van der Waals surface area (Å²) in [5.74, 6) is -2.50. The molecule has 194 valence electrons. The van der Waals surface area contributed by atoms with E-state index in [2.05, 4.69) is 10.1 Å². The molecule has 0 fully saturated rings.